The second kappa shape index (κ2) is 7.35. The van der Waals surface area contributed by atoms with E-state index in [4.69, 9.17) is 21.6 Å². The second-order valence-corrected chi connectivity index (χ2v) is 9.86. The first-order chi connectivity index (χ1) is 12.7. The lowest BCUT2D eigenvalue weighted by molar-refractivity contribution is -0.0641. The Kier molecular flexibility index (Phi) is 5.45. The molecule has 1 aromatic carbocycles. The molecule has 0 saturated carbocycles. The van der Waals surface area contributed by atoms with E-state index in [0.29, 0.717) is 4.34 Å². The number of ether oxygens (including phenoxy) is 1. The molecule has 0 aliphatic carbocycles. The summed E-state index contributed by atoms with van der Waals surface area (Å²) >= 11 is 6.67. The van der Waals surface area contributed by atoms with E-state index in [9.17, 15) is 23.0 Å². The van der Waals surface area contributed by atoms with Crippen LogP contribution in [0.25, 0.3) is 0 Å². The number of nitriles is 1. The van der Waals surface area contributed by atoms with Crippen molar-refractivity contribution in [1.29, 1.82) is 5.26 Å². The molecule has 3 rings (SSSR count). The van der Waals surface area contributed by atoms with Gasteiger partial charge in [0.05, 0.1) is 23.1 Å². The zero-order valence-electron chi connectivity index (χ0n) is 13.7. The number of nitrogens with zero attached hydrogens (tertiary/aromatic N) is 2. The molecule has 0 unspecified atom stereocenters. The van der Waals surface area contributed by atoms with Crippen molar-refractivity contribution in [3.8, 4) is 11.8 Å². The van der Waals surface area contributed by atoms with Crippen molar-refractivity contribution in [2.75, 3.05) is 19.7 Å². The SMILES string of the molecule is N#Cc1ccc(O[C@H]2CN(S(=O)(=O)c3ccc(Cl)s3)C[C@@]2(O)CO)cc1F. The Hall–Kier alpha value is -1.74. The quantitative estimate of drug-likeness (QED) is 0.742. The van der Waals surface area contributed by atoms with Crippen LogP contribution in [0.5, 0.6) is 5.75 Å². The largest absolute Gasteiger partial charge is 0.486 e. The summed E-state index contributed by atoms with van der Waals surface area (Å²) in [4.78, 5) is 0. The molecule has 2 heterocycles. The molecule has 144 valence electrons. The van der Waals surface area contributed by atoms with Gasteiger partial charge in [-0.05, 0) is 24.3 Å². The molecule has 0 spiro atoms. The lowest BCUT2D eigenvalue weighted by Gasteiger charge is -2.27. The van der Waals surface area contributed by atoms with Crippen LogP contribution in [-0.4, -0.2) is 54.3 Å². The third kappa shape index (κ3) is 3.80. The molecule has 27 heavy (non-hydrogen) atoms. The summed E-state index contributed by atoms with van der Waals surface area (Å²) in [7, 11) is -3.94. The van der Waals surface area contributed by atoms with Gasteiger partial charge >= 0.3 is 0 Å². The van der Waals surface area contributed by atoms with Crippen LogP contribution < -0.4 is 4.74 Å². The van der Waals surface area contributed by atoms with E-state index < -0.39 is 40.7 Å². The van der Waals surface area contributed by atoms with Crippen molar-refractivity contribution in [2.45, 2.75) is 15.9 Å². The van der Waals surface area contributed by atoms with E-state index in [0.717, 1.165) is 21.7 Å². The fraction of sp³-hybridized carbons (Fsp3) is 0.312. The first-order valence-corrected chi connectivity index (χ1v) is 10.3. The Bertz CT molecular complexity index is 1010. The summed E-state index contributed by atoms with van der Waals surface area (Å²) in [6.07, 6.45) is -1.14. The van der Waals surface area contributed by atoms with Gasteiger partial charge in [-0.1, -0.05) is 11.6 Å². The number of hydrogen-bond acceptors (Lipinski definition) is 7. The molecule has 2 aromatic rings. The highest BCUT2D eigenvalue weighted by molar-refractivity contribution is 7.91. The molecule has 0 amide bonds. The highest BCUT2D eigenvalue weighted by atomic mass is 35.5. The number of β-amino-alcohol motifs (C(OH)–C–C–N with tert-alkyl or cyclic N) is 1. The molecule has 11 heteroatoms. The van der Waals surface area contributed by atoms with Crippen LogP contribution in [0.2, 0.25) is 4.34 Å². The van der Waals surface area contributed by atoms with E-state index in [2.05, 4.69) is 0 Å². The van der Waals surface area contributed by atoms with Gasteiger partial charge in [0.25, 0.3) is 10.0 Å². The third-order valence-electron chi connectivity index (χ3n) is 4.17. The van der Waals surface area contributed by atoms with E-state index in [1.54, 1.807) is 6.07 Å². The van der Waals surface area contributed by atoms with Crippen molar-refractivity contribution >= 4 is 33.0 Å². The number of rotatable bonds is 5. The van der Waals surface area contributed by atoms with Gasteiger partial charge in [-0.3, -0.25) is 0 Å². The van der Waals surface area contributed by atoms with E-state index >= 15 is 0 Å². The van der Waals surface area contributed by atoms with Gasteiger partial charge < -0.3 is 14.9 Å². The zero-order chi connectivity index (χ0) is 19.8. The van der Waals surface area contributed by atoms with Gasteiger partial charge in [-0.15, -0.1) is 11.3 Å². The van der Waals surface area contributed by atoms with Crippen LogP contribution in [0.4, 0.5) is 4.39 Å². The van der Waals surface area contributed by atoms with E-state index in [-0.39, 0.29) is 22.1 Å². The summed E-state index contributed by atoms with van der Waals surface area (Å²) in [6.45, 7) is -1.41. The maximum atomic E-state index is 13.8. The molecule has 1 saturated heterocycles. The van der Waals surface area contributed by atoms with Crippen molar-refractivity contribution in [3.05, 3.63) is 46.0 Å². The Morgan fingerprint density at radius 2 is 2.19 bits per heavy atom. The molecule has 1 fully saturated rings. The molecule has 1 aromatic heterocycles. The van der Waals surface area contributed by atoms with Gasteiger partial charge in [-0.25, -0.2) is 12.8 Å². The summed E-state index contributed by atoms with van der Waals surface area (Å²) < 4.78 is 46.0. The topological polar surface area (TPSA) is 111 Å². The lowest BCUT2D eigenvalue weighted by Crippen LogP contribution is -2.48. The third-order valence-corrected chi connectivity index (χ3v) is 7.69. The molecule has 7 nitrogen and oxygen atoms in total. The highest BCUT2D eigenvalue weighted by Gasteiger charge is 2.51. The monoisotopic (exact) mass is 432 g/mol. The lowest BCUT2D eigenvalue weighted by atomic mass is 10.0. The maximum absolute atomic E-state index is 13.8. The smallest absolute Gasteiger partial charge is 0.252 e. The zero-order valence-corrected chi connectivity index (χ0v) is 16.1. The molecule has 0 radical (unpaired) electrons. The van der Waals surface area contributed by atoms with Gasteiger partial charge in [-0.2, -0.15) is 9.57 Å². The number of hydrogen-bond donors (Lipinski definition) is 2. The minimum absolute atomic E-state index is 0.00166. The second-order valence-electron chi connectivity index (χ2n) is 5.98. The van der Waals surface area contributed by atoms with Crippen LogP contribution >= 0.6 is 22.9 Å². The molecule has 1 aliphatic heterocycles. The summed E-state index contributed by atoms with van der Waals surface area (Å²) in [6, 6.07) is 7.97. The van der Waals surface area contributed by atoms with Crippen LogP contribution in [-0.2, 0) is 10.0 Å². The van der Waals surface area contributed by atoms with Gasteiger partial charge in [0.15, 0.2) is 0 Å². The van der Waals surface area contributed by atoms with Crippen molar-refractivity contribution in [2.24, 2.45) is 0 Å². The molecule has 1 aliphatic rings. The fourth-order valence-electron chi connectivity index (χ4n) is 2.70. The average molecular weight is 433 g/mol. The molecular weight excluding hydrogens is 419 g/mol. The first kappa shape index (κ1) is 20.0. The predicted octanol–water partition coefficient (Wildman–Crippen LogP) is 1.59. The number of halogens is 2. The first-order valence-electron chi connectivity index (χ1n) is 7.64. The summed E-state index contributed by atoms with van der Waals surface area (Å²) in [5.41, 5.74) is -2.05. The van der Waals surface area contributed by atoms with Crippen molar-refractivity contribution in [3.63, 3.8) is 0 Å². The average Bonchev–Trinajstić information content (AvgIpc) is 3.20. The number of aliphatic hydroxyl groups is 2. The molecule has 2 atom stereocenters. The number of benzene rings is 1. The van der Waals surface area contributed by atoms with E-state index in [1.807, 2.05) is 0 Å². The van der Waals surface area contributed by atoms with Crippen LogP contribution in [0.1, 0.15) is 5.56 Å². The Morgan fingerprint density at radius 1 is 1.44 bits per heavy atom. The summed E-state index contributed by atoms with van der Waals surface area (Å²) in [5, 5.41) is 29.0. The van der Waals surface area contributed by atoms with Crippen LogP contribution in [0.3, 0.4) is 0 Å². The molecular formula is C16H14ClFN2O5S2. The Morgan fingerprint density at radius 3 is 2.74 bits per heavy atom. The van der Waals surface area contributed by atoms with Crippen LogP contribution in [0.15, 0.2) is 34.5 Å². The number of thiophene rings is 1. The number of aliphatic hydroxyl groups excluding tert-OH is 1. The highest BCUT2D eigenvalue weighted by Crippen LogP contribution is 2.34. The standard InChI is InChI=1S/C16H14ClFN2O5S2/c17-14-3-4-15(26-14)27(23,24)20-7-13(16(22,8-20)9-21)25-11-2-1-10(6-19)12(18)5-11/h1-5,13,21-22H,7-9H2/t13-,16+/m0/s1. The minimum Gasteiger partial charge on any atom is -0.486 e. The van der Waals surface area contributed by atoms with E-state index in [1.165, 1.54) is 24.3 Å². The normalized spacial score (nSPS) is 23.3. The fourth-order valence-corrected chi connectivity index (χ4v) is 5.84. The molecule has 2 N–H and O–H groups in total. The van der Waals surface area contributed by atoms with Gasteiger partial charge in [0, 0.05) is 12.6 Å². The summed E-state index contributed by atoms with van der Waals surface area (Å²) in [5.74, 6) is -0.806. The Labute approximate surface area is 163 Å². The predicted molar refractivity (Wildman–Crippen MR) is 95.7 cm³/mol. The maximum Gasteiger partial charge on any atom is 0.252 e. The molecule has 0 bridgehead atoms. The van der Waals surface area contributed by atoms with Gasteiger partial charge in [0.1, 0.15) is 33.6 Å². The Balaban J connectivity index is 1.86. The van der Waals surface area contributed by atoms with Gasteiger partial charge in [0.2, 0.25) is 0 Å². The van der Waals surface area contributed by atoms with Crippen molar-refractivity contribution in [1.82, 2.24) is 4.31 Å². The van der Waals surface area contributed by atoms with Crippen molar-refractivity contribution < 1.29 is 27.8 Å². The van der Waals surface area contributed by atoms with Crippen LogP contribution in [0, 0.1) is 17.1 Å². The minimum atomic E-state index is -3.94. The number of sulfonamides is 1.